The van der Waals surface area contributed by atoms with Crippen LogP contribution in [0.5, 0.6) is 0 Å². The van der Waals surface area contributed by atoms with Gasteiger partial charge in [0.25, 0.3) is 0 Å². The van der Waals surface area contributed by atoms with Crippen molar-refractivity contribution < 1.29 is 14.7 Å². The van der Waals surface area contributed by atoms with Crippen LogP contribution < -0.4 is 0 Å². The van der Waals surface area contributed by atoms with E-state index in [1.807, 2.05) is 0 Å². The molecule has 0 fully saturated rings. The topological polar surface area (TPSA) is 120 Å². The van der Waals surface area contributed by atoms with E-state index in [-0.39, 0.29) is 0 Å². The van der Waals surface area contributed by atoms with Crippen molar-refractivity contribution in [2.24, 2.45) is 9.89 Å². The van der Waals surface area contributed by atoms with Crippen LogP contribution in [0.1, 0.15) is 0 Å². The van der Waals surface area contributed by atoms with Crippen molar-refractivity contribution in [3.8, 4) is 0 Å². The molecule has 0 amide bonds. The molecule has 7 nitrogen and oxygen atoms in total. The van der Waals surface area contributed by atoms with E-state index in [1.54, 1.807) is 0 Å². The van der Waals surface area contributed by atoms with Gasteiger partial charge in [0, 0.05) is 0 Å². The van der Waals surface area contributed by atoms with Crippen LogP contribution in [0.4, 0.5) is 0 Å². The summed E-state index contributed by atoms with van der Waals surface area (Å²) in [5.41, 5.74) is 0. The van der Waals surface area contributed by atoms with E-state index in [1.165, 1.54) is 9.89 Å². The van der Waals surface area contributed by atoms with Gasteiger partial charge in [0.1, 0.15) is 0 Å². The molecule has 8 heavy (non-hydrogen) atoms. The summed E-state index contributed by atoms with van der Waals surface area (Å²) in [5, 5.41) is 0. The molecule has 0 saturated heterocycles. The normalized spacial score (nSPS) is 16.1. The molecule has 0 radical (unpaired) electrons. The van der Waals surface area contributed by atoms with E-state index in [4.69, 9.17) is 24.5 Å². The first-order valence-electron chi connectivity index (χ1n) is 1.37. The van der Waals surface area contributed by atoms with Crippen molar-refractivity contribution in [1.29, 1.82) is 0 Å². The molecule has 8 heteroatoms. The van der Waals surface area contributed by atoms with Crippen molar-refractivity contribution in [2.45, 2.75) is 0 Å². The van der Waals surface area contributed by atoms with E-state index in [2.05, 4.69) is 0 Å². The monoisotopic (exact) mass is 142 g/mol. The van der Waals surface area contributed by atoms with Gasteiger partial charge in [-0.2, -0.15) is 0 Å². The first-order valence-corrected chi connectivity index (χ1v) is 3.37. The van der Waals surface area contributed by atoms with Crippen LogP contribution in [0.15, 0.2) is 9.89 Å². The second-order valence-corrected chi connectivity index (χ2v) is 3.17. The Labute approximate surface area is 43.2 Å². The summed E-state index contributed by atoms with van der Waals surface area (Å²) in [4.78, 5) is 44.6. The van der Waals surface area contributed by atoms with E-state index in [0.29, 0.717) is 0 Å². The van der Waals surface area contributed by atoms with E-state index < -0.39 is 7.59 Å². The summed E-state index contributed by atoms with van der Waals surface area (Å²) in [6, 6.07) is 0. The van der Waals surface area contributed by atoms with Gasteiger partial charge < -0.3 is 0 Å². The maximum absolute atomic E-state index is 9.14. The molecule has 0 unspecified atom stereocenters. The SMILES string of the molecule is O=NP(O)(O)(O)N=O. The molecule has 0 rings (SSSR count). The van der Waals surface area contributed by atoms with Gasteiger partial charge in [-0.1, -0.05) is 0 Å². The average molecular weight is 142 g/mol. The molecule has 0 aliphatic heterocycles. The summed E-state index contributed by atoms with van der Waals surface area (Å²) in [6.07, 6.45) is 0. The second-order valence-electron chi connectivity index (χ2n) is 1.06. The molecular formula is H3N2O5P. The molecule has 0 aromatic heterocycles. The Balaban J connectivity index is 4.46. The fourth-order valence-electron chi connectivity index (χ4n) is 0.0149. The average Bonchev–Trinajstić information content (AvgIpc) is 1.68. The van der Waals surface area contributed by atoms with Gasteiger partial charge in [0.2, 0.25) is 0 Å². The summed E-state index contributed by atoms with van der Waals surface area (Å²) in [6.45, 7) is 0. The van der Waals surface area contributed by atoms with Crippen LogP contribution in [0.3, 0.4) is 0 Å². The summed E-state index contributed by atoms with van der Waals surface area (Å²) < 4.78 is 0. The van der Waals surface area contributed by atoms with Crippen molar-refractivity contribution in [3.63, 3.8) is 0 Å². The Morgan fingerprint density at radius 3 is 1.25 bits per heavy atom. The molecule has 3 N–H and O–H groups in total. The fourth-order valence-corrected chi connectivity index (χ4v) is 0.0447. The van der Waals surface area contributed by atoms with Crippen LogP contribution in [0.25, 0.3) is 0 Å². The molecule has 0 aromatic rings. The zero-order valence-corrected chi connectivity index (χ0v) is 4.39. The Kier molecular flexibility index (Phi) is 1.40. The van der Waals surface area contributed by atoms with Crippen LogP contribution >= 0.6 is 7.59 Å². The number of rotatable bonds is 2. The zero-order valence-electron chi connectivity index (χ0n) is 3.50. The summed E-state index contributed by atoms with van der Waals surface area (Å²) in [7, 11) is -5.96. The van der Waals surface area contributed by atoms with Crippen molar-refractivity contribution in [1.82, 2.24) is 0 Å². The van der Waals surface area contributed by atoms with E-state index in [9.17, 15) is 0 Å². The van der Waals surface area contributed by atoms with Gasteiger partial charge in [0.05, 0.1) is 0 Å². The third-order valence-corrected chi connectivity index (χ3v) is 0.876. The maximum atomic E-state index is 9.14. The van der Waals surface area contributed by atoms with Crippen molar-refractivity contribution in [3.05, 3.63) is 9.81 Å². The number of nitroso groups, excluding NO2 is 2. The molecule has 0 heterocycles. The van der Waals surface area contributed by atoms with Gasteiger partial charge in [-0.05, 0) is 0 Å². The Hall–Kier alpha value is -0.490. The van der Waals surface area contributed by atoms with Crippen LogP contribution in [-0.4, -0.2) is 14.7 Å². The summed E-state index contributed by atoms with van der Waals surface area (Å²) in [5.74, 6) is 0. The number of hydrogen-bond acceptors (Lipinski definition) is 7. The Morgan fingerprint density at radius 2 is 1.25 bits per heavy atom. The van der Waals surface area contributed by atoms with Crippen molar-refractivity contribution in [2.75, 3.05) is 0 Å². The standard InChI is InChI=1S/H3N2O5P/c3-1-8(5,6,7)2-4/h5-7H. The first-order chi connectivity index (χ1) is 3.39. The van der Waals surface area contributed by atoms with E-state index >= 15 is 0 Å². The van der Waals surface area contributed by atoms with Crippen LogP contribution in [-0.2, 0) is 0 Å². The third kappa shape index (κ3) is 1.99. The number of hydrogen-bond donors (Lipinski definition) is 3. The first kappa shape index (κ1) is 7.51. The minimum absolute atomic E-state index is 1.34. The van der Waals surface area contributed by atoms with Crippen LogP contribution in [0.2, 0.25) is 0 Å². The Morgan fingerprint density at radius 1 is 1.00 bits per heavy atom. The molecule has 0 spiro atoms. The molecule has 0 saturated carbocycles. The molecule has 0 aliphatic carbocycles. The van der Waals surface area contributed by atoms with Crippen LogP contribution in [0, 0.1) is 9.81 Å². The third-order valence-electron chi connectivity index (χ3n) is 0.292. The predicted molar refractivity (Wildman–Crippen MR) is 25.2 cm³/mol. The van der Waals surface area contributed by atoms with Gasteiger partial charge in [-0.15, -0.1) is 0 Å². The molecule has 0 aliphatic rings. The van der Waals surface area contributed by atoms with Gasteiger partial charge in [-0.25, -0.2) is 0 Å². The van der Waals surface area contributed by atoms with E-state index in [0.717, 1.165) is 0 Å². The van der Waals surface area contributed by atoms with Crippen molar-refractivity contribution >= 4 is 7.59 Å². The molecule has 48 valence electrons. The number of nitrogens with zero attached hydrogens (tertiary/aromatic N) is 2. The minimum atomic E-state index is -5.96. The molecule has 0 bridgehead atoms. The van der Waals surface area contributed by atoms with Gasteiger partial charge in [-0.3, -0.25) is 0 Å². The fraction of sp³-hybridized carbons (Fsp3) is 0. The predicted octanol–water partition coefficient (Wildman–Crippen LogP) is -0.376. The zero-order chi connectivity index (χ0) is 6.86. The summed E-state index contributed by atoms with van der Waals surface area (Å²) >= 11 is 0. The molecule has 0 aromatic carbocycles. The molecular weight excluding hydrogens is 139 g/mol. The second kappa shape index (κ2) is 1.49. The van der Waals surface area contributed by atoms with Gasteiger partial charge in [0.15, 0.2) is 0 Å². The Bertz CT molecular complexity index is 108. The quantitative estimate of drug-likeness (QED) is 0.358. The van der Waals surface area contributed by atoms with Gasteiger partial charge >= 0.3 is 42.0 Å². The molecule has 0 atom stereocenters.